The zero-order valence-corrected chi connectivity index (χ0v) is 9.61. The fraction of sp³-hybridized carbons (Fsp3) is 0.833. The van der Waals surface area contributed by atoms with E-state index in [2.05, 4.69) is 17.9 Å². The molecule has 0 radical (unpaired) electrons. The summed E-state index contributed by atoms with van der Waals surface area (Å²) in [5.41, 5.74) is 0. The van der Waals surface area contributed by atoms with Crippen LogP contribution >= 0.6 is 23.5 Å². The van der Waals surface area contributed by atoms with Crippen LogP contribution in [-0.2, 0) is 0 Å². The third kappa shape index (κ3) is 8.74. The maximum atomic E-state index is 9.75. The first kappa shape index (κ1) is 14.2. The lowest BCUT2D eigenvalue weighted by molar-refractivity contribution is -0.492. The van der Waals surface area contributed by atoms with Crippen LogP contribution in [0.15, 0.2) is 0 Å². The van der Waals surface area contributed by atoms with Crippen LogP contribution in [0, 0.1) is 0 Å². The van der Waals surface area contributed by atoms with Crippen molar-refractivity contribution in [2.24, 2.45) is 0 Å². The normalized spacial score (nSPS) is 17.6. The van der Waals surface area contributed by atoms with E-state index >= 15 is 0 Å². The van der Waals surface area contributed by atoms with E-state index in [1.165, 1.54) is 23.1 Å². The Kier molecular flexibility index (Phi) is 6.68. The lowest BCUT2D eigenvalue weighted by Crippen LogP contribution is -2.19. The number of halogens is 4. The second kappa shape index (κ2) is 6.60. The molecule has 0 N–H and O–H groups in total. The fourth-order valence-corrected chi connectivity index (χ4v) is 2.76. The molecule has 0 bridgehead atoms. The van der Waals surface area contributed by atoms with Gasteiger partial charge in [-0.3, -0.25) is 0 Å². The minimum atomic E-state index is -6.00. The van der Waals surface area contributed by atoms with Crippen LogP contribution in [0.4, 0.5) is 17.3 Å². The molecule has 0 aromatic carbocycles. The highest BCUT2D eigenvalue weighted by Crippen LogP contribution is 2.18. The van der Waals surface area contributed by atoms with Crippen molar-refractivity contribution < 1.29 is 21.8 Å². The molecule has 0 atom stereocenters. The van der Waals surface area contributed by atoms with Gasteiger partial charge in [0.2, 0.25) is 0 Å². The lowest BCUT2D eigenvalue weighted by Gasteiger charge is -2.07. The number of rotatable bonds is 0. The summed E-state index contributed by atoms with van der Waals surface area (Å²) in [6.07, 6.45) is 3.48. The second-order valence-corrected chi connectivity index (χ2v) is 4.73. The van der Waals surface area contributed by atoms with Crippen molar-refractivity contribution in [3.8, 4) is 0 Å². The molecule has 0 saturated heterocycles. The van der Waals surface area contributed by atoms with Gasteiger partial charge >= 0.3 is 7.25 Å². The van der Waals surface area contributed by atoms with E-state index < -0.39 is 7.25 Å². The number of hydrogen-bond donors (Lipinski definition) is 0. The van der Waals surface area contributed by atoms with E-state index in [0.29, 0.717) is 0 Å². The van der Waals surface area contributed by atoms with Crippen LogP contribution in [0.5, 0.6) is 0 Å². The van der Waals surface area contributed by atoms with Gasteiger partial charge in [-0.15, -0.1) is 0 Å². The summed E-state index contributed by atoms with van der Waals surface area (Å²) < 4.78 is 42.8. The van der Waals surface area contributed by atoms with Crippen molar-refractivity contribution in [1.82, 2.24) is 0 Å². The molecule has 1 nitrogen and oxygen atoms in total. The van der Waals surface area contributed by atoms with Crippen molar-refractivity contribution in [3.63, 3.8) is 0 Å². The van der Waals surface area contributed by atoms with E-state index in [0.717, 1.165) is 0 Å². The molecule has 0 spiro atoms. The van der Waals surface area contributed by atoms with E-state index in [1.807, 2.05) is 23.5 Å². The van der Waals surface area contributed by atoms with Gasteiger partial charge in [-0.2, -0.15) is 0 Å². The summed E-state index contributed by atoms with van der Waals surface area (Å²) >= 11 is 3.84. The first-order valence-corrected chi connectivity index (χ1v) is 6.18. The zero-order valence-electron chi connectivity index (χ0n) is 7.97. The molecule has 0 aliphatic carbocycles. The highest BCUT2D eigenvalue weighted by atomic mass is 32.2. The van der Waals surface area contributed by atoms with Crippen LogP contribution in [0.2, 0.25) is 0 Å². The van der Waals surface area contributed by atoms with Gasteiger partial charge in [0.25, 0.3) is 4.38 Å². The molecule has 0 amide bonds. The van der Waals surface area contributed by atoms with Gasteiger partial charge in [0, 0.05) is 12.2 Å². The summed E-state index contributed by atoms with van der Waals surface area (Å²) in [4.78, 5) is 0. The maximum absolute atomic E-state index is 9.75. The summed E-state index contributed by atoms with van der Waals surface area (Å²) in [5.74, 6) is 1.31. The lowest BCUT2D eigenvalue weighted by atomic mass is 10.3. The van der Waals surface area contributed by atoms with Gasteiger partial charge in [0.1, 0.15) is 13.6 Å². The first-order chi connectivity index (χ1) is 6.34. The largest absolute Gasteiger partial charge is 0.673 e. The highest BCUT2D eigenvalue weighted by Gasteiger charge is 2.20. The molecule has 1 heterocycles. The van der Waals surface area contributed by atoms with Crippen LogP contribution in [-0.4, -0.2) is 41.8 Å². The fourth-order valence-electron chi connectivity index (χ4n) is 0.877. The van der Waals surface area contributed by atoms with Crippen LogP contribution < -0.4 is 0 Å². The second-order valence-electron chi connectivity index (χ2n) is 2.59. The molecule has 1 aliphatic heterocycles. The van der Waals surface area contributed by atoms with Gasteiger partial charge in [-0.25, -0.2) is 4.58 Å². The van der Waals surface area contributed by atoms with Crippen LogP contribution in [0.3, 0.4) is 0 Å². The number of hydrogen-bond acceptors (Lipinski definition) is 2. The number of thioether (sulfide) groups is 2. The highest BCUT2D eigenvalue weighted by molar-refractivity contribution is 8.38. The van der Waals surface area contributed by atoms with Crippen LogP contribution in [0.1, 0.15) is 6.42 Å². The van der Waals surface area contributed by atoms with Crippen molar-refractivity contribution in [2.75, 3.05) is 25.6 Å². The Labute approximate surface area is 89.4 Å². The Morgan fingerprint density at radius 1 is 1.36 bits per heavy atom. The maximum Gasteiger partial charge on any atom is 0.673 e. The predicted molar refractivity (Wildman–Crippen MR) is 56.8 cm³/mol. The zero-order chi connectivity index (χ0) is 11.2. The standard InChI is InChI=1S/C6H12NS2.BF4/c1-7-4-3-5-9-6(7)8-2;2-1(3,4)5/h3-5H2,1-2H3;/q+1;-1. The molecule has 8 heteroatoms. The molecule has 0 fully saturated rings. The average molecular weight is 249 g/mol. The molecular formula is C6H12BF4NS2. The van der Waals surface area contributed by atoms with Gasteiger partial charge in [-0.1, -0.05) is 11.8 Å². The Bertz CT molecular complexity index is 200. The average Bonchev–Trinajstić information content (AvgIpc) is 2.02. The minimum absolute atomic E-state index is 1.24. The Morgan fingerprint density at radius 2 is 1.86 bits per heavy atom. The topological polar surface area (TPSA) is 3.01 Å². The Balaban J connectivity index is 0.000000292. The van der Waals surface area contributed by atoms with Gasteiger partial charge < -0.3 is 17.3 Å². The van der Waals surface area contributed by atoms with Crippen molar-refractivity contribution >= 4 is 35.2 Å². The minimum Gasteiger partial charge on any atom is -0.418 e. The Morgan fingerprint density at radius 3 is 2.14 bits per heavy atom. The smallest absolute Gasteiger partial charge is 0.418 e. The van der Waals surface area contributed by atoms with E-state index in [9.17, 15) is 17.3 Å². The van der Waals surface area contributed by atoms with E-state index in [1.54, 1.807) is 0 Å². The first-order valence-electron chi connectivity index (χ1n) is 3.97. The molecule has 14 heavy (non-hydrogen) atoms. The Hall–Kier alpha value is 0.155. The quantitative estimate of drug-likeness (QED) is 0.369. The summed E-state index contributed by atoms with van der Waals surface area (Å²) in [7, 11) is -3.84. The molecule has 0 aromatic rings. The van der Waals surface area contributed by atoms with Crippen LogP contribution in [0.25, 0.3) is 0 Å². The summed E-state index contributed by atoms with van der Waals surface area (Å²) in [5, 5.41) is 0. The summed E-state index contributed by atoms with van der Waals surface area (Å²) in [6.45, 7) is 1.24. The van der Waals surface area contributed by atoms with E-state index in [-0.39, 0.29) is 0 Å². The van der Waals surface area contributed by atoms with Crippen molar-refractivity contribution in [3.05, 3.63) is 0 Å². The predicted octanol–water partition coefficient (Wildman–Crippen LogP) is 2.78. The molecule has 0 saturated carbocycles. The molecule has 84 valence electrons. The molecule has 0 unspecified atom stereocenters. The molecular weight excluding hydrogens is 237 g/mol. The van der Waals surface area contributed by atoms with Crippen molar-refractivity contribution in [1.29, 1.82) is 0 Å². The third-order valence-electron chi connectivity index (χ3n) is 1.35. The van der Waals surface area contributed by atoms with Gasteiger partial charge in [0.05, 0.1) is 0 Å². The molecule has 0 aromatic heterocycles. The van der Waals surface area contributed by atoms with Gasteiger partial charge in [-0.05, 0) is 18.0 Å². The monoisotopic (exact) mass is 249 g/mol. The number of nitrogens with zero attached hydrogens (tertiary/aromatic N) is 1. The SMILES string of the molecule is CSC1=[N+](C)CCCS1.F[B-](F)(F)F. The van der Waals surface area contributed by atoms with E-state index in [4.69, 9.17) is 0 Å². The summed E-state index contributed by atoms with van der Waals surface area (Å²) in [6, 6.07) is 0. The van der Waals surface area contributed by atoms with Crippen molar-refractivity contribution in [2.45, 2.75) is 6.42 Å². The third-order valence-corrected chi connectivity index (χ3v) is 3.92. The molecule has 1 rings (SSSR count). The molecule has 1 aliphatic rings. The van der Waals surface area contributed by atoms with Gasteiger partial charge in [0.15, 0.2) is 0 Å².